The van der Waals surface area contributed by atoms with Crippen LogP contribution in [0.2, 0.25) is 0 Å². The van der Waals surface area contributed by atoms with Crippen molar-refractivity contribution in [1.82, 2.24) is 10.6 Å². The number of carboxylic acids is 1. The zero-order valence-corrected chi connectivity index (χ0v) is 21.0. The molecule has 7 heteroatoms. The number of hydrogen-bond donors (Lipinski definition) is 3. The number of rotatable bonds is 11. The fourth-order valence-electron chi connectivity index (χ4n) is 4.71. The molecule has 188 valence electrons. The van der Waals surface area contributed by atoms with Gasteiger partial charge in [0, 0.05) is 24.4 Å². The Bertz CT molecular complexity index is 1030. The van der Waals surface area contributed by atoms with Crippen LogP contribution >= 0.6 is 0 Å². The molecule has 0 saturated heterocycles. The molecule has 0 spiro atoms. The molecule has 0 atom stereocenters. The molecule has 3 rings (SSSR count). The van der Waals surface area contributed by atoms with E-state index in [-0.39, 0.29) is 31.4 Å². The Hall–Kier alpha value is -3.35. The number of nitrogens with one attached hydrogen (secondary N) is 2. The van der Waals surface area contributed by atoms with Crippen molar-refractivity contribution >= 4 is 18.0 Å². The summed E-state index contributed by atoms with van der Waals surface area (Å²) < 4.78 is 5.62. The lowest BCUT2D eigenvalue weighted by molar-refractivity contribution is -0.138. The number of hydrogen-bond acceptors (Lipinski definition) is 4. The second-order valence-corrected chi connectivity index (χ2v) is 9.90. The highest BCUT2D eigenvalue weighted by Crippen LogP contribution is 2.44. The summed E-state index contributed by atoms with van der Waals surface area (Å²) in [6.07, 6.45) is 0.770. The third-order valence-electron chi connectivity index (χ3n) is 7.17. The number of ether oxygens (including phenoxy) is 1. The van der Waals surface area contributed by atoms with Gasteiger partial charge < -0.3 is 20.5 Å². The van der Waals surface area contributed by atoms with E-state index in [0.717, 1.165) is 22.3 Å². The number of fused-ring (bicyclic) bond motifs is 3. The molecule has 0 fully saturated rings. The summed E-state index contributed by atoms with van der Waals surface area (Å²) in [4.78, 5) is 36.8. The van der Waals surface area contributed by atoms with Crippen LogP contribution in [0.5, 0.6) is 0 Å². The van der Waals surface area contributed by atoms with Crippen molar-refractivity contribution in [2.24, 2.45) is 5.41 Å². The quantitative estimate of drug-likeness (QED) is 0.415. The van der Waals surface area contributed by atoms with Crippen molar-refractivity contribution in [3.05, 3.63) is 59.7 Å². The molecule has 35 heavy (non-hydrogen) atoms. The van der Waals surface area contributed by atoms with Gasteiger partial charge in [0.15, 0.2) is 0 Å². The first-order valence-corrected chi connectivity index (χ1v) is 12.3. The maximum absolute atomic E-state index is 13.2. The van der Waals surface area contributed by atoms with Crippen LogP contribution in [-0.4, -0.2) is 41.8 Å². The van der Waals surface area contributed by atoms with Crippen LogP contribution in [0.3, 0.4) is 0 Å². The van der Waals surface area contributed by atoms with E-state index in [0.29, 0.717) is 19.3 Å². The van der Waals surface area contributed by atoms with Gasteiger partial charge in [-0.15, -0.1) is 0 Å². The first kappa shape index (κ1) is 26.3. The predicted molar refractivity (Wildman–Crippen MR) is 135 cm³/mol. The Labute approximate surface area is 207 Å². The zero-order chi connectivity index (χ0) is 25.6. The van der Waals surface area contributed by atoms with E-state index >= 15 is 0 Å². The molecule has 0 aromatic heterocycles. The van der Waals surface area contributed by atoms with E-state index < -0.39 is 23.0 Å². The molecule has 1 aliphatic rings. The molecular weight excluding hydrogens is 444 g/mol. The topological polar surface area (TPSA) is 105 Å². The third-order valence-corrected chi connectivity index (χ3v) is 7.17. The fraction of sp³-hybridized carbons (Fsp3) is 0.464. The average Bonchev–Trinajstić information content (AvgIpc) is 3.16. The summed E-state index contributed by atoms with van der Waals surface area (Å²) in [5, 5.41) is 14.8. The van der Waals surface area contributed by atoms with Gasteiger partial charge in [-0.3, -0.25) is 9.59 Å². The van der Waals surface area contributed by atoms with Crippen molar-refractivity contribution in [3.63, 3.8) is 0 Å². The van der Waals surface area contributed by atoms with E-state index in [1.54, 1.807) is 0 Å². The van der Waals surface area contributed by atoms with Crippen LogP contribution in [0.25, 0.3) is 11.1 Å². The van der Waals surface area contributed by atoms with Crippen molar-refractivity contribution in [2.45, 2.75) is 64.8 Å². The predicted octanol–water partition coefficient (Wildman–Crippen LogP) is 5.09. The van der Waals surface area contributed by atoms with Gasteiger partial charge in [-0.25, -0.2) is 4.79 Å². The average molecular weight is 481 g/mol. The van der Waals surface area contributed by atoms with Gasteiger partial charge in [-0.05, 0) is 55.4 Å². The lowest BCUT2D eigenvalue weighted by Gasteiger charge is -2.35. The largest absolute Gasteiger partial charge is 0.481 e. The van der Waals surface area contributed by atoms with Crippen LogP contribution in [0.1, 0.15) is 70.4 Å². The van der Waals surface area contributed by atoms with Gasteiger partial charge >= 0.3 is 12.1 Å². The molecule has 0 bridgehead atoms. The number of alkyl carbamates (subject to hydrolysis) is 1. The Morgan fingerprint density at radius 2 is 1.49 bits per heavy atom. The maximum Gasteiger partial charge on any atom is 0.407 e. The van der Waals surface area contributed by atoms with Crippen LogP contribution in [0.4, 0.5) is 4.79 Å². The Balaban J connectivity index is 1.61. The van der Waals surface area contributed by atoms with Gasteiger partial charge in [0.2, 0.25) is 5.91 Å². The van der Waals surface area contributed by atoms with E-state index in [1.807, 2.05) is 52.0 Å². The van der Waals surface area contributed by atoms with Crippen LogP contribution in [-0.2, 0) is 14.3 Å². The molecule has 7 nitrogen and oxygen atoms in total. The van der Waals surface area contributed by atoms with E-state index in [2.05, 4.69) is 34.9 Å². The molecule has 1 aliphatic carbocycles. The number of carbonyl (C=O) groups is 3. The van der Waals surface area contributed by atoms with Gasteiger partial charge in [-0.2, -0.15) is 0 Å². The normalized spacial score (nSPS) is 13.0. The first-order valence-electron chi connectivity index (χ1n) is 12.3. The minimum atomic E-state index is -0.901. The van der Waals surface area contributed by atoms with Crippen LogP contribution < -0.4 is 10.6 Å². The number of carboxylic acid groups (broad SMARTS) is 1. The van der Waals surface area contributed by atoms with Crippen molar-refractivity contribution in [1.29, 1.82) is 0 Å². The number of aliphatic carboxylic acids is 1. The highest BCUT2D eigenvalue weighted by atomic mass is 16.5. The smallest absolute Gasteiger partial charge is 0.407 e. The van der Waals surface area contributed by atoms with Crippen LogP contribution in [0.15, 0.2) is 48.5 Å². The molecule has 0 unspecified atom stereocenters. The molecule has 2 amide bonds. The molecule has 3 N–H and O–H groups in total. The molecule has 2 aromatic carbocycles. The number of benzene rings is 2. The molecule has 0 aliphatic heterocycles. The van der Waals surface area contributed by atoms with Crippen molar-refractivity contribution < 1.29 is 24.2 Å². The van der Waals surface area contributed by atoms with Gasteiger partial charge in [0.05, 0.1) is 5.41 Å². The summed E-state index contributed by atoms with van der Waals surface area (Å²) in [7, 11) is 0. The minimum Gasteiger partial charge on any atom is -0.481 e. The monoisotopic (exact) mass is 480 g/mol. The minimum absolute atomic E-state index is 0.0312. The third kappa shape index (κ3) is 6.02. The number of carbonyl (C=O) groups excluding carboxylic acids is 2. The summed E-state index contributed by atoms with van der Waals surface area (Å²) in [6, 6.07) is 16.3. The van der Waals surface area contributed by atoms with E-state index in [9.17, 15) is 14.4 Å². The van der Waals surface area contributed by atoms with Crippen LogP contribution in [0, 0.1) is 5.41 Å². The zero-order valence-electron chi connectivity index (χ0n) is 21.0. The Kier molecular flexibility index (Phi) is 8.20. The SMILES string of the molecule is CCC(CC)(CNC(=O)OCC1c2ccccc2-c2ccccc21)C(=O)NC(C)(C)CCC(=O)O. The molecule has 0 radical (unpaired) electrons. The lowest BCUT2D eigenvalue weighted by Crippen LogP contribution is -2.54. The summed E-state index contributed by atoms with van der Waals surface area (Å²) >= 11 is 0. The molecule has 2 aromatic rings. The van der Waals surface area contributed by atoms with Gasteiger partial charge in [0.25, 0.3) is 0 Å². The second kappa shape index (κ2) is 10.9. The fourth-order valence-corrected chi connectivity index (χ4v) is 4.71. The molecule has 0 saturated carbocycles. The Morgan fingerprint density at radius 3 is 2.00 bits per heavy atom. The molecule has 0 heterocycles. The van der Waals surface area contributed by atoms with Gasteiger partial charge in [-0.1, -0.05) is 62.4 Å². The van der Waals surface area contributed by atoms with Crippen molar-refractivity contribution in [3.8, 4) is 11.1 Å². The van der Waals surface area contributed by atoms with E-state index in [4.69, 9.17) is 9.84 Å². The first-order chi connectivity index (χ1) is 16.6. The summed E-state index contributed by atoms with van der Waals surface area (Å²) in [5.41, 5.74) is 3.12. The highest BCUT2D eigenvalue weighted by Gasteiger charge is 2.38. The highest BCUT2D eigenvalue weighted by molar-refractivity contribution is 5.84. The Morgan fingerprint density at radius 1 is 0.943 bits per heavy atom. The number of amides is 2. The van der Waals surface area contributed by atoms with E-state index in [1.165, 1.54) is 0 Å². The summed E-state index contributed by atoms with van der Waals surface area (Å²) in [5.74, 6) is -1.13. The van der Waals surface area contributed by atoms with Crippen molar-refractivity contribution in [2.75, 3.05) is 13.2 Å². The maximum atomic E-state index is 13.2. The lowest BCUT2D eigenvalue weighted by atomic mass is 9.80. The molecular formula is C28H36N2O5. The second-order valence-electron chi connectivity index (χ2n) is 9.90. The van der Waals surface area contributed by atoms with Gasteiger partial charge in [0.1, 0.15) is 6.61 Å². The summed E-state index contributed by atoms with van der Waals surface area (Å²) in [6.45, 7) is 7.78. The standard InChI is InChI=1S/C28H36N2O5/c1-5-28(6-2,25(33)30-27(3,4)16-15-24(31)32)18-29-26(34)35-17-23-21-13-9-7-11-19(21)20-12-8-10-14-22(20)23/h7-14,23H,5-6,15-18H2,1-4H3,(H,29,34)(H,30,33)(H,31,32).